The highest BCUT2D eigenvalue weighted by Gasteiger charge is 2.40. The van der Waals surface area contributed by atoms with Crippen molar-refractivity contribution in [2.75, 3.05) is 4.90 Å². The largest absolute Gasteiger partial charge is 0.478 e. The Morgan fingerprint density at radius 1 is 1.12 bits per heavy atom. The zero-order chi connectivity index (χ0) is 24.6. The molecule has 0 aliphatic carbocycles. The van der Waals surface area contributed by atoms with E-state index in [0.717, 1.165) is 24.0 Å². The lowest BCUT2D eigenvalue weighted by Gasteiger charge is -2.42. The van der Waals surface area contributed by atoms with E-state index in [-0.39, 0.29) is 22.9 Å². The Morgan fingerprint density at radius 3 is 2.27 bits per heavy atom. The second-order valence-corrected chi connectivity index (χ2v) is 10.7. The number of nitrogens with zero attached hydrogens (tertiary/aromatic N) is 1. The van der Waals surface area contributed by atoms with Gasteiger partial charge in [-0.15, -0.1) is 0 Å². The second-order valence-electron chi connectivity index (χ2n) is 10.7. The van der Waals surface area contributed by atoms with Crippen LogP contribution in [-0.2, 0) is 12.0 Å². The van der Waals surface area contributed by atoms with Crippen LogP contribution in [0.4, 0.5) is 10.5 Å². The molecule has 2 aromatic rings. The Bertz CT molecular complexity index is 1080. The first-order valence-corrected chi connectivity index (χ1v) is 11.6. The van der Waals surface area contributed by atoms with Gasteiger partial charge in [0.05, 0.1) is 16.8 Å². The molecule has 0 aromatic heterocycles. The molecule has 0 saturated heterocycles. The predicted octanol–water partition coefficient (Wildman–Crippen LogP) is 6.66. The molecular weight excluding hydrogens is 412 g/mol. The van der Waals surface area contributed by atoms with Gasteiger partial charge in [0.1, 0.15) is 0 Å². The van der Waals surface area contributed by atoms with Gasteiger partial charge >= 0.3 is 12.0 Å². The van der Waals surface area contributed by atoms with Gasteiger partial charge in [-0.2, -0.15) is 0 Å². The predicted molar refractivity (Wildman–Crippen MR) is 134 cm³/mol. The van der Waals surface area contributed by atoms with E-state index >= 15 is 0 Å². The Hall–Kier alpha value is -3.08. The second kappa shape index (κ2) is 9.05. The normalized spacial score (nSPS) is 18.8. The van der Waals surface area contributed by atoms with Crippen LogP contribution in [0.5, 0.6) is 0 Å². The number of rotatable bonds is 6. The molecule has 0 bridgehead atoms. The van der Waals surface area contributed by atoms with Gasteiger partial charge in [-0.05, 0) is 84.6 Å². The van der Waals surface area contributed by atoms with Crippen molar-refractivity contribution >= 4 is 17.7 Å². The van der Waals surface area contributed by atoms with E-state index in [2.05, 4.69) is 72.0 Å². The molecule has 3 rings (SSSR count). The molecule has 1 aliphatic heterocycles. The monoisotopic (exact) mass is 448 g/mol. The van der Waals surface area contributed by atoms with Crippen molar-refractivity contribution in [3.8, 4) is 0 Å². The molecule has 0 spiro atoms. The summed E-state index contributed by atoms with van der Waals surface area (Å²) in [5, 5.41) is 12.4. The first-order chi connectivity index (χ1) is 15.3. The maximum Gasteiger partial charge on any atom is 0.335 e. The number of benzene rings is 2. The fraction of sp³-hybridized carbons (Fsp3) is 0.429. The fourth-order valence-corrected chi connectivity index (χ4v) is 4.39. The van der Waals surface area contributed by atoms with Crippen molar-refractivity contribution in [2.45, 2.75) is 66.8 Å². The van der Waals surface area contributed by atoms with Gasteiger partial charge in [0.25, 0.3) is 0 Å². The molecule has 0 saturated carbocycles. The minimum absolute atomic E-state index is 0.191. The molecule has 1 heterocycles. The molecule has 0 unspecified atom stereocenters. The van der Waals surface area contributed by atoms with Gasteiger partial charge in [-0.3, -0.25) is 4.90 Å². The van der Waals surface area contributed by atoms with E-state index in [9.17, 15) is 9.59 Å². The quantitative estimate of drug-likeness (QED) is 0.519. The maximum atomic E-state index is 13.2. The number of aromatic carboxylic acids is 1. The maximum absolute atomic E-state index is 13.2. The van der Waals surface area contributed by atoms with Crippen molar-refractivity contribution in [1.29, 1.82) is 0 Å². The topological polar surface area (TPSA) is 69.6 Å². The first-order valence-electron chi connectivity index (χ1n) is 11.6. The Kier molecular flexibility index (Phi) is 6.73. The summed E-state index contributed by atoms with van der Waals surface area (Å²) in [6.45, 7) is 15.2. The summed E-state index contributed by atoms with van der Waals surface area (Å²) in [5.74, 6) is -0.797. The lowest BCUT2D eigenvalue weighted by atomic mass is 9.77. The molecule has 5 nitrogen and oxygen atoms in total. The number of carbonyl (C=O) groups is 2. The van der Waals surface area contributed by atoms with E-state index in [1.54, 1.807) is 17.0 Å². The van der Waals surface area contributed by atoms with Gasteiger partial charge in [0, 0.05) is 6.20 Å². The molecule has 2 N–H and O–H groups in total. The number of nitrogens with one attached hydrogen (secondary N) is 1. The van der Waals surface area contributed by atoms with Crippen LogP contribution in [0.25, 0.3) is 0 Å². The van der Waals surface area contributed by atoms with Crippen LogP contribution in [0.1, 0.15) is 75.0 Å². The van der Waals surface area contributed by atoms with Gasteiger partial charge in [0.2, 0.25) is 0 Å². The lowest BCUT2D eigenvalue weighted by molar-refractivity contribution is 0.0697. The summed E-state index contributed by atoms with van der Waals surface area (Å²) in [4.78, 5) is 25.9. The molecular formula is C28H36N2O3. The van der Waals surface area contributed by atoms with Crippen LogP contribution in [0, 0.1) is 18.3 Å². The minimum Gasteiger partial charge on any atom is -0.478 e. The molecule has 2 amide bonds. The minimum atomic E-state index is -0.989. The molecule has 176 valence electrons. The number of carboxylic acids is 1. The van der Waals surface area contributed by atoms with Crippen molar-refractivity contribution in [1.82, 2.24) is 5.32 Å². The van der Waals surface area contributed by atoms with Crippen molar-refractivity contribution in [2.24, 2.45) is 11.3 Å². The smallest absolute Gasteiger partial charge is 0.335 e. The Balaban J connectivity index is 1.97. The molecule has 0 radical (unpaired) electrons. The van der Waals surface area contributed by atoms with Gasteiger partial charge in [0.15, 0.2) is 0 Å². The third-order valence-corrected chi connectivity index (χ3v) is 6.50. The molecule has 1 atom stereocenters. The first kappa shape index (κ1) is 24.6. The van der Waals surface area contributed by atoms with Crippen LogP contribution in [0.3, 0.4) is 0 Å². The third-order valence-electron chi connectivity index (χ3n) is 6.50. The molecule has 5 heteroatoms. The van der Waals surface area contributed by atoms with Gasteiger partial charge in [-0.25, -0.2) is 9.59 Å². The van der Waals surface area contributed by atoms with Crippen LogP contribution in [0.15, 0.2) is 54.2 Å². The zero-order valence-electron chi connectivity index (χ0n) is 20.8. The summed E-state index contributed by atoms with van der Waals surface area (Å²) < 4.78 is 0. The highest BCUT2D eigenvalue weighted by atomic mass is 16.4. The summed E-state index contributed by atoms with van der Waals surface area (Å²) in [7, 11) is 0. The zero-order valence-corrected chi connectivity index (χ0v) is 20.8. The Labute approximate surface area is 197 Å². The molecule has 2 aromatic carbocycles. The summed E-state index contributed by atoms with van der Waals surface area (Å²) >= 11 is 0. The number of carbonyl (C=O) groups excluding carboxylic acids is 1. The van der Waals surface area contributed by atoms with Gasteiger partial charge in [-0.1, -0.05) is 52.8 Å². The fourth-order valence-electron chi connectivity index (χ4n) is 4.39. The number of anilines is 1. The molecule has 33 heavy (non-hydrogen) atoms. The number of hydrogen-bond acceptors (Lipinski definition) is 2. The highest BCUT2D eigenvalue weighted by molar-refractivity contribution is 5.97. The van der Waals surface area contributed by atoms with E-state index < -0.39 is 11.5 Å². The van der Waals surface area contributed by atoms with Crippen molar-refractivity contribution in [3.63, 3.8) is 0 Å². The number of aryl methyl sites for hydroxylation is 2. The number of carboxylic acid groups (broad SMARTS) is 1. The van der Waals surface area contributed by atoms with E-state index in [1.165, 1.54) is 23.3 Å². The summed E-state index contributed by atoms with van der Waals surface area (Å²) in [6, 6.07) is 12.7. The van der Waals surface area contributed by atoms with Crippen LogP contribution in [0.2, 0.25) is 0 Å². The van der Waals surface area contributed by atoms with Crippen LogP contribution >= 0.6 is 0 Å². The van der Waals surface area contributed by atoms with E-state index in [1.807, 2.05) is 6.20 Å². The lowest BCUT2D eigenvalue weighted by Crippen LogP contribution is -2.54. The Morgan fingerprint density at radius 2 is 1.76 bits per heavy atom. The summed E-state index contributed by atoms with van der Waals surface area (Å²) in [6.07, 6.45) is 4.06. The summed E-state index contributed by atoms with van der Waals surface area (Å²) in [5.41, 5.74) is 5.21. The van der Waals surface area contributed by atoms with Crippen LogP contribution < -0.4 is 10.2 Å². The van der Waals surface area contributed by atoms with Crippen molar-refractivity contribution in [3.05, 3.63) is 76.5 Å². The van der Waals surface area contributed by atoms with E-state index in [4.69, 9.17) is 5.11 Å². The average Bonchev–Trinajstić information content (AvgIpc) is 2.72. The number of urea groups is 1. The highest BCUT2D eigenvalue weighted by Crippen LogP contribution is 2.39. The standard InChI is InChI=1S/C28H36N2O3/c1-18(2)24-17-30(23-12-9-21(10-13-23)25(31)32)26(33)29-28(24,7)22-11-8-20(19(3)16-22)14-15-27(4,5)6/h8-13,16-18H,14-15H2,1-7H3,(H,29,33)(H,31,32)/t28-/m0/s1. The SMILES string of the molecule is Cc1cc([C@]2(C)NC(=O)N(c3ccc(C(=O)O)cc3)C=C2C(C)C)ccc1CCC(C)(C)C. The number of hydrogen-bond donors (Lipinski definition) is 2. The van der Waals surface area contributed by atoms with E-state index in [0.29, 0.717) is 5.69 Å². The third kappa shape index (κ3) is 5.29. The van der Waals surface area contributed by atoms with Gasteiger partial charge < -0.3 is 10.4 Å². The average molecular weight is 449 g/mol. The number of amides is 2. The van der Waals surface area contributed by atoms with Crippen LogP contribution in [-0.4, -0.2) is 17.1 Å². The van der Waals surface area contributed by atoms with Crippen molar-refractivity contribution < 1.29 is 14.7 Å². The molecule has 0 fully saturated rings. The molecule has 1 aliphatic rings.